The van der Waals surface area contributed by atoms with Crippen LogP contribution in [-0.4, -0.2) is 29.0 Å². The van der Waals surface area contributed by atoms with Gasteiger partial charge in [0.15, 0.2) is 0 Å². The van der Waals surface area contributed by atoms with E-state index in [1.807, 2.05) is 0 Å². The van der Waals surface area contributed by atoms with Crippen molar-refractivity contribution in [3.63, 3.8) is 0 Å². The highest BCUT2D eigenvalue weighted by Crippen LogP contribution is 2.49. The fourth-order valence-electron chi connectivity index (χ4n) is 3.94. The van der Waals surface area contributed by atoms with Crippen LogP contribution in [0.15, 0.2) is 24.3 Å². The molecule has 1 saturated heterocycles. The summed E-state index contributed by atoms with van der Waals surface area (Å²) in [6.45, 7) is 4.99. The van der Waals surface area contributed by atoms with E-state index >= 15 is 0 Å². The molecule has 0 radical (unpaired) electrons. The van der Waals surface area contributed by atoms with Crippen LogP contribution in [-0.2, 0) is 16.5 Å². The predicted molar refractivity (Wildman–Crippen MR) is 93.3 cm³/mol. The molecule has 1 aliphatic heterocycles. The van der Waals surface area contributed by atoms with Gasteiger partial charge in [-0.25, -0.2) is 9.97 Å². The van der Waals surface area contributed by atoms with Gasteiger partial charge in [-0.3, -0.25) is 4.79 Å². The number of rotatable bonds is 3. The van der Waals surface area contributed by atoms with Gasteiger partial charge >= 0.3 is 6.18 Å². The Hall–Kier alpha value is -2.22. The number of benzene rings is 1. The molecule has 5 nitrogen and oxygen atoms in total. The number of hydrogen-bond donors (Lipinski definition) is 2. The van der Waals surface area contributed by atoms with E-state index in [9.17, 15) is 18.0 Å². The molecular weight excluding hydrogens is 345 g/mol. The number of para-hydroxylation sites is 1. The molecule has 142 valence electrons. The van der Waals surface area contributed by atoms with Gasteiger partial charge in [-0.1, -0.05) is 18.2 Å². The zero-order valence-electron chi connectivity index (χ0n) is 14.4. The first kappa shape index (κ1) is 17.2. The largest absolute Gasteiger partial charge is 0.451 e. The topological polar surface area (TPSA) is 66.9 Å². The van der Waals surface area contributed by atoms with E-state index in [0.717, 1.165) is 13.1 Å². The highest BCUT2D eigenvalue weighted by Gasteiger charge is 2.57. The van der Waals surface area contributed by atoms with Gasteiger partial charge in [0.2, 0.25) is 11.7 Å². The lowest BCUT2D eigenvalue weighted by atomic mass is 9.95. The molecule has 26 heavy (non-hydrogen) atoms. The number of halogens is 3. The summed E-state index contributed by atoms with van der Waals surface area (Å²) < 4.78 is 39.7. The van der Waals surface area contributed by atoms with Gasteiger partial charge in [0.05, 0.1) is 16.7 Å². The summed E-state index contributed by atoms with van der Waals surface area (Å²) >= 11 is 0. The van der Waals surface area contributed by atoms with Crippen LogP contribution in [0.1, 0.15) is 28.2 Å². The summed E-state index contributed by atoms with van der Waals surface area (Å²) in [6, 6.07) is 6.54. The molecule has 0 bridgehead atoms. The summed E-state index contributed by atoms with van der Waals surface area (Å²) in [6.07, 6.45) is -4.65. The highest BCUT2D eigenvalue weighted by molar-refractivity contribution is 5.86. The molecule has 2 aliphatic rings. The van der Waals surface area contributed by atoms with Crippen LogP contribution in [0.5, 0.6) is 0 Å². The molecule has 3 atom stereocenters. The van der Waals surface area contributed by atoms with E-state index in [1.165, 1.54) is 6.07 Å². The maximum atomic E-state index is 13.2. The third-order valence-electron chi connectivity index (χ3n) is 5.28. The van der Waals surface area contributed by atoms with Crippen molar-refractivity contribution >= 4 is 16.8 Å². The van der Waals surface area contributed by atoms with Gasteiger partial charge < -0.3 is 10.6 Å². The Morgan fingerprint density at radius 2 is 1.85 bits per heavy atom. The molecule has 2 unspecified atom stereocenters. The number of carbonyl (C=O) groups excluding carboxylic acids is 1. The first-order chi connectivity index (χ1) is 12.2. The van der Waals surface area contributed by atoms with Crippen molar-refractivity contribution in [3.8, 4) is 0 Å². The van der Waals surface area contributed by atoms with Crippen molar-refractivity contribution in [2.45, 2.75) is 25.6 Å². The van der Waals surface area contributed by atoms with E-state index < -0.39 is 17.5 Å². The first-order valence-electron chi connectivity index (χ1n) is 8.56. The van der Waals surface area contributed by atoms with Crippen LogP contribution in [0.2, 0.25) is 0 Å². The van der Waals surface area contributed by atoms with E-state index in [0.29, 0.717) is 17.2 Å². The highest BCUT2D eigenvalue weighted by atomic mass is 19.4. The second-order valence-electron chi connectivity index (χ2n) is 7.54. The molecule has 0 spiro atoms. The molecule has 1 amide bonds. The predicted octanol–water partition coefficient (Wildman–Crippen LogP) is 2.96. The lowest BCUT2D eigenvalue weighted by Gasteiger charge is -2.28. The molecule has 8 heteroatoms. The molecule has 2 N–H and O–H groups in total. The number of amides is 1. The molecule has 1 saturated carbocycles. The maximum Gasteiger partial charge on any atom is 0.451 e. The molecular formula is C18H23F3N4O. The molecule has 2 heterocycles. The SMILES string of the molecule is CC(C)(NC(=O)C1C2CNC[C@H]21)c1nc(C(F)(F)F)nc2ccccc12.[HH].[HH]. The number of nitrogens with one attached hydrogen (secondary N) is 2. The van der Waals surface area contributed by atoms with Gasteiger partial charge in [0.25, 0.3) is 0 Å². The number of hydrogen-bond acceptors (Lipinski definition) is 4. The maximum absolute atomic E-state index is 13.2. The number of fused-ring (bicyclic) bond motifs is 2. The number of nitrogens with zero attached hydrogens (tertiary/aromatic N) is 2. The Bertz CT molecular complexity index is 881. The lowest BCUT2D eigenvalue weighted by molar-refractivity contribution is -0.144. The number of piperidine rings is 1. The van der Waals surface area contributed by atoms with E-state index in [1.54, 1.807) is 32.0 Å². The quantitative estimate of drug-likeness (QED) is 0.874. The van der Waals surface area contributed by atoms with Crippen LogP contribution in [0.3, 0.4) is 0 Å². The van der Waals surface area contributed by atoms with Crippen molar-refractivity contribution in [1.82, 2.24) is 20.6 Å². The van der Waals surface area contributed by atoms with Crippen molar-refractivity contribution in [3.05, 3.63) is 35.8 Å². The summed E-state index contributed by atoms with van der Waals surface area (Å²) in [5.74, 6) is -0.716. The standard InChI is InChI=1S/C18H19F3N4O.2H2/c1-17(2,25-15(26)13-10-7-22-8-11(10)13)14-9-5-3-4-6-12(9)23-16(24-14)18(19,20)21;;/h3-6,10-11,13,22H,7-8H2,1-2H3,(H,25,26);2*1H/t10-,11?,13?;;/m1../s1. The van der Waals surface area contributed by atoms with Crippen LogP contribution in [0, 0.1) is 17.8 Å². The third kappa shape index (κ3) is 2.82. The van der Waals surface area contributed by atoms with Crippen LogP contribution >= 0.6 is 0 Å². The van der Waals surface area contributed by atoms with Gasteiger partial charge in [-0.15, -0.1) is 0 Å². The van der Waals surface area contributed by atoms with Crippen LogP contribution in [0.4, 0.5) is 13.2 Å². The van der Waals surface area contributed by atoms with Crippen molar-refractivity contribution in [2.24, 2.45) is 17.8 Å². The van der Waals surface area contributed by atoms with Gasteiger partial charge in [0.1, 0.15) is 0 Å². The summed E-state index contributed by atoms with van der Waals surface area (Å²) in [5.41, 5.74) is -0.670. The Morgan fingerprint density at radius 3 is 2.50 bits per heavy atom. The van der Waals surface area contributed by atoms with Gasteiger partial charge in [0, 0.05) is 14.2 Å². The second kappa shape index (κ2) is 5.64. The normalized spacial score (nSPS) is 25.2. The molecule has 2 fully saturated rings. The minimum atomic E-state index is -4.65. The Morgan fingerprint density at radius 1 is 1.19 bits per heavy atom. The smallest absolute Gasteiger partial charge is 0.345 e. The zero-order chi connectivity index (χ0) is 18.7. The number of carbonyl (C=O) groups is 1. The fraction of sp³-hybridized carbons (Fsp3) is 0.500. The van der Waals surface area contributed by atoms with Gasteiger partial charge in [-0.05, 0) is 44.8 Å². The Balaban J connectivity index is 0.00000140. The fourth-order valence-corrected chi connectivity index (χ4v) is 3.94. The molecule has 4 rings (SSSR count). The zero-order valence-corrected chi connectivity index (χ0v) is 14.4. The van der Waals surface area contributed by atoms with E-state index in [-0.39, 0.29) is 25.9 Å². The van der Waals surface area contributed by atoms with E-state index in [2.05, 4.69) is 20.6 Å². The molecule has 2 aromatic rings. The van der Waals surface area contributed by atoms with Crippen LogP contribution in [0.25, 0.3) is 10.9 Å². The molecule has 1 aliphatic carbocycles. The van der Waals surface area contributed by atoms with Crippen molar-refractivity contribution in [1.29, 1.82) is 0 Å². The Labute approximate surface area is 151 Å². The van der Waals surface area contributed by atoms with Gasteiger partial charge in [-0.2, -0.15) is 13.2 Å². The van der Waals surface area contributed by atoms with Crippen LogP contribution < -0.4 is 10.6 Å². The number of aromatic nitrogens is 2. The lowest BCUT2D eigenvalue weighted by Crippen LogP contribution is -2.44. The summed E-state index contributed by atoms with van der Waals surface area (Å²) in [7, 11) is 0. The second-order valence-corrected chi connectivity index (χ2v) is 7.54. The van der Waals surface area contributed by atoms with E-state index in [4.69, 9.17) is 0 Å². The molecule has 1 aromatic carbocycles. The third-order valence-corrected chi connectivity index (χ3v) is 5.28. The van der Waals surface area contributed by atoms with Crippen molar-refractivity contribution in [2.75, 3.05) is 13.1 Å². The first-order valence-corrected chi connectivity index (χ1v) is 8.56. The van der Waals surface area contributed by atoms with Crippen molar-refractivity contribution < 1.29 is 20.8 Å². The number of alkyl halides is 3. The Kier molecular flexibility index (Phi) is 3.73. The average molecular weight is 368 g/mol. The summed E-state index contributed by atoms with van der Waals surface area (Å²) in [4.78, 5) is 20.0. The monoisotopic (exact) mass is 368 g/mol. The minimum absolute atomic E-state index is 0. The summed E-state index contributed by atoms with van der Waals surface area (Å²) in [5, 5.41) is 6.64. The minimum Gasteiger partial charge on any atom is -0.345 e. The average Bonchev–Trinajstić information content (AvgIpc) is 3.06. The molecule has 1 aromatic heterocycles.